The molecular formula is C15H13F4NO3S. The number of hydrogen-bond donors (Lipinski definition) is 1. The van der Waals surface area contributed by atoms with Crippen molar-refractivity contribution in [2.75, 3.05) is 11.6 Å². The second-order valence-electron chi connectivity index (χ2n) is 4.52. The Morgan fingerprint density at radius 2 is 1.42 bits per heavy atom. The molecule has 0 amide bonds. The van der Waals surface area contributed by atoms with Crippen molar-refractivity contribution in [1.82, 2.24) is 0 Å². The Hall–Kier alpha value is -2.29. The molecule has 0 heterocycles. The van der Waals surface area contributed by atoms with Gasteiger partial charge in [0.1, 0.15) is 0 Å². The minimum atomic E-state index is -3.18. The van der Waals surface area contributed by atoms with Gasteiger partial charge < -0.3 is 14.8 Å². The lowest BCUT2D eigenvalue weighted by Gasteiger charge is -2.14. The summed E-state index contributed by atoms with van der Waals surface area (Å²) in [5, 5.41) is 2.90. The number of alkyl halides is 4. The van der Waals surface area contributed by atoms with E-state index in [4.69, 9.17) is 0 Å². The predicted octanol–water partition coefficient (Wildman–Crippen LogP) is 4.37. The molecule has 0 aliphatic carbocycles. The number of ether oxygens (including phenoxy) is 2. The summed E-state index contributed by atoms with van der Waals surface area (Å²) in [7, 11) is -1.12. The van der Waals surface area contributed by atoms with Crippen LogP contribution in [0, 0.1) is 0 Å². The molecule has 130 valence electrons. The van der Waals surface area contributed by atoms with Crippen LogP contribution >= 0.6 is 0 Å². The first kappa shape index (κ1) is 18.1. The Kier molecular flexibility index (Phi) is 6.02. The number of hydrogen-bond acceptors (Lipinski definition) is 4. The molecule has 4 nitrogen and oxygen atoms in total. The van der Waals surface area contributed by atoms with Crippen molar-refractivity contribution >= 4 is 22.2 Å². The Morgan fingerprint density at radius 1 is 0.875 bits per heavy atom. The zero-order valence-electron chi connectivity index (χ0n) is 12.3. The molecule has 0 aliphatic rings. The molecule has 0 saturated carbocycles. The van der Waals surface area contributed by atoms with Gasteiger partial charge in [-0.2, -0.15) is 17.6 Å². The van der Waals surface area contributed by atoms with Crippen LogP contribution in [-0.2, 0) is 10.8 Å². The minimum absolute atomic E-state index is 0.331. The summed E-state index contributed by atoms with van der Waals surface area (Å²) in [4.78, 5) is 0.628. The van der Waals surface area contributed by atoms with E-state index in [2.05, 4.69) is 14.8 Å². The fourth-order valence-corrected chi connectivity index (χ4v) is 2.38. The van der Waals surface area contributed by atoms with E-state index in [9.17, 15) is 21.8 Å². The van der Waals surface area contributed by atoms with Crippen molar-refractivity contribution in [2.24, 2.45) is 0 Å². The van der Waals surface area contributed by atoms with Crippen molar-refractivity contribution in [3.8, 4) is 11.5 Å². The molecule has 2 aromatic carbocycles. The third-order valence-electron chi connectivity index (χ3n) is 2.85. The molecule has 0 fully saturated rings. The standard InChI is InChI=1S/C15H13F4NO3S/c1-24(21)11-5-2-9(3-6-11)20-10-4-7-12(22-14(16)17)13(8-10)23-15(18)19/h2-8,14-15,20H,1H3. The minimum Gasteiger partial charge on any atom is -0.431 e. The zero-order chi connectivity index (χ0) is 17.7. The Labute approximate surface area is 137 Å². The molecular weight excluding hydrogens is 350 g/mol. The average molecular weight is 363 g/mol. The maximum absolute atomic E-state index is 12.4. The van der Waals surface area contributed by atoms with Crippen molar-refractivity contribution in [2.45, 2.75) is 18.1 Å². The molecule has 0 radical (unpaired) electrons. The van der Waals surface area contributed by atoms with E-state index in [0.717, 1.165) is 12.1 Å². The lowest BCUT2D eigenvalue weighted by atomic mass is 10.2. The van der Waals surface area contributed by atoms with Gasteiger partial charge in [-0.3, -0.25) is 4.21 Å². The highest BCUT2D eigenvalue weighted by Gasteiger charge is 2.15. The quantitative estimate of drug-likeness (QED) is 0.742. The van der Waals surface area contributed by atoms with Crippen molar-refractivity contribution < 1.29 is 31.2 Å². The molecule has 24 heavy (non-hydrogen) atoms. The summed E-state index contributed by atoms with van der Waals surface area (Å²) < 4.78 is 69.0. The van der Waals surface area contributed by atoms with E-state index in [0.29, 0.717) is 16.3 Å². The summed E-state index contributed by atoms with van der Waals surface area (Å²) in [6.45, 7) is -6.34. The van der Waals surface area contributed by atoms with Gasteiger partial charge in [0.2, 0.25) is 0 Å². The monoisotopic (exact) mass is 363 g/mol. The third kappa shape index (κ3) is 5.12. The van der Waals surface area contributed by atoms with Crippen LogP contribution in [0.3, 0.4) is 0 Å². The fourth-order valence-electron chi connectivity index (χ4n) is 1.86. The molecule has 1 N–H and O–H groups in total. The van der Waals surface area contributed by atoms with E-state index < -0.39 is 35.5 Å². The maximum Gasteiger partial charge on any atom is 0.387 e. The van der Waals surface area contributed by atoms with Crippen molar-refractivity contribution in [3.05, 3.63) is 42.5 Å². The molecule has 9 heteroatoms. The SMILES string of the molecule is CS(=O)c1ccc(Nc2ccc(OC(F)F)c(OC(F)F)c2)cc1. The lowest BCUT2D eigenvalue weighted by Crippen LogP contribution is -2.08. The van der Waals surface area contributed by atoms with Crippen LogP contribution in [0.15, 0.2) is 47.4 Å². The molecule has 0 saturated heterocycles. The summed E-state index contributed by atoms with van der Waals surface area (Å²) in [5.74, 6) is -1.01. The van der Waals surface area contributed by atoms with Gasteiger partial charge in [0.25, 0.3) is 0 Å². The first-order valence-corrected chi connectivity index (χ1v) is 8.15. The van der Waals surface area contributed by atoms with Gasteiger partial charge in [0.05, 0.1) is 0 Å². The third-order valence-corrected chi connectivity index (χ3v) is 3.79. The second kappa shape index (κ2) is 8.00. The number of anilines is 2. The largest absolute Gasteiger partial charge is 0.431 e. The highest BCUT2D eigenvalue weighted by molar-refractivity contribution is 7.84. The molecule has 0 aliphatic heterocycles. The van der Waals surface area contributed by atoms with E-state index in [-0.39, 0.29) is 0 Å². The Morgan fingerprint density at radius 3 is 1.96 bits per heavy atom. The lowest BCUT2D eigenvalue weighted by molar-refractivity contribution is -0.0691. The van der Waals surface area contributed by atoms with Gasteiger partial charge in [-0.1, -0.05) is 0 Å². The van der Waals surface area contributed by atoms with E-state index in [1.165, 1.54) is 12.3 Å². The average Bonchev–Trinajstić information content (AvgIpc) is 2.49. The maximum atomic E-state index is 12.4. The Bertz CT molecular complexity index is 710. The first-order chi connectivity index (χ1) is 11.3. The first-order valence-electron chi connectivity index (χ1n) is 6.59. The van der Waals surface area contributed by atoms with Crippen molar-refractivity contribution in [1.29, 1.82) is 0 Å². The molecule has 2 aromatic rings. The van der Waals surface area contributed by atoms with Gasteiger partial charge in [0, 0.05) is 39.4 Å². The van der Waals surface area contributed by atoms with Crippen LogP contribution < -0.4 is 14.8 Å². The van der Waals surface area contributed by atoms with Gasteiger partial charge in [-0.25, -0.2) is 0 Å². The van der Waals surface area contributed by atoms with Crippen molar-refractivity contribution in [3.63, 3.8) is 0 Å². The normalized spacial score (nSPS) is 12.3. The number of benzene rings is 2. The van der Waals surface area contributed by atoms with Crippen LogP contribution in [0.4, 0.5) is 28.9 Å². The van der Waals surface area contributed by atoms with Gasteiger partial charge in [-0.05, 0) is 36.4 Å². The van der Waals surface area contributed by atoms with E-state index in [1.807, 2.05) is 0 Å². The van der Waals surface area contributed by atoms with E-state index >= 15 is 0 Å². The van der Waals surface area contributed by atoms with Crippen LogP contribution in [0.1, 0.15) is 0 Å². The van der Waals surface area contributed by atoms with Crippen LogP contribution in [0.2, 0.25) is 0 Å². The molecule has 0 aromatic heterocycles. The summed E-state index contributed by atoms with van der Waals surface area (Å²) in [6.07, 6.45) is 1.54. The second-order valence-corrected chi connectivity index (χ2v) is 5.90. The Balaban J connectivity index is 2.21. The van der Waals surface area contributed by atoms with Gasteiger partial charge >= 0.3 is 13.2 Å². The number of rotatable bonds is 7. The number of nitrogens with one attached hydrogen (secondary N) is 1. The highest BCUT2D eigenvalue weighted by atomic mass is 32.2. The zero-order valence-corrected chi connectivity index (χ0v) is 13.2. The van der Waals surface area contributed by atoms with Crippen LogP contribution in [0.25, 0.3) is 0 Å². The predicted molar refractivity (Wildman–Crippen MR) is 81.8 cm³/mol. The smallest absolute Gasteiger partial charge is 0.387 e. The molecule has 2 rings (SSSR count). The molecule has 0 spiro atoms. The summed E-state index contributed by atoms with van der Waals surface area (Å²) >= 11 is 0. The fraction of sp³-hybridized carbons (Fsp3) is 0.200. The molecule has 1 unspecified atom stereocenters. The van der Waals surface area contributed by atoms with Gasteiger partial charge in [-0.15, -0.1) is 0 Å². The summed E-state index contributed by atoms with van der Waals surface area (Å²) in [5.41, 5.74) is 0.923. The molecule has 1 atom stereocenters. The number of halogens is 4. The highest BCUT2D eigenvalue weighted by Crippen LogP contribution is 2.34. The molecule has 0 bridgehead atoms. The van der Waals surface area contributed by atoms with Gasteiger partial charge in [0.15, 0.2) is 11.5 Å². The van der Waals surface area contributed by atoms with Crippen LogP contribution in [0.5, 0.6) is 11.5 Å². The van der Waals surface area contributed by atoms with E-state index in [1.54, 1.807) is 24.3 Å². The summed E-state index contributed by atoms with van der Waals surface area (Å²) in [6, 6.07) is 10.2. The van der Waals surface area contributed by atoms with Crippen LogP contribution in [-0.4, -0.2) is 23.7 Å². The topological polar surface area (TPSA) is 47.6 Å².